The van der Waals surface area contributed by atoms with Gasteiger partial charge in [0.15, 0.2) is 6.61 Å². The van der Waals surface area contributed by atoms with Crippen LogP contribution in [-0.4, -0.2) is 12.5 Å². The zero-order valence-corrected chi connectivity index (χ0v) is 14.2. The number of hydrogen-bond donors (Lipinski definition) is 1. The Morgan fingerprint density at radius 3 is 2.46 bits per heavy atom. The van der Waals surface area contributed by atoms with Crippen molar-refractivity contribution in [1.82, 2.24) is 5.32 Å². The van der Waals surface area contributed by atoms with E-state index < -0.39 is 0 Å². The van der Waals surface area contributed by atoms with Crippen LogP contribution >= 0.6 is 0 Å². The van der Waals surface area contributed by atoms with E-state index in [1.165, 1.54) is 5.56 Å². The van der Waals surface area contributed by atoms with Crippen LogP contribution in [0.15, 0.2) is 48.5 Å². The maximum atomic E-state index is 12.0. The topological polar surface area (TPSA) is 62.1 Å². The summed E-state index contributed by atoms with van der Waals surface area (Å²) in [6, 6.07) is 16.9. The Morgan fingerprint density at radius 2 is 1.83 bits per heavy atom. The van der Waals surface area contributed by atoms with Gasteiger partial charge in [-0.3, -0.25) is 4.79 Å². The molecule has 2 rings (SSSR count). The predicted molar refractivity (Wildman–Crippen MR) is 93.7 cm³/mol. The zero-order valence-electron chi connectivity index (χ0n) is 14.2. The van der Waals surface area contributed by atoms with Crippen LogP contribution in [0.4, 0.5) is 0 Å². The number of ether oxygens (including phenoxy) is 1. The van der Waals surface area contributed by atoms with E-state index in [1.807, 2.05) is 43.3 Å². The quantitative estimate of drug-likeness (QED) is 0.876. The van der Waals surface area contributed by atoms with E-state index >= 15 is 0 Å². The number of nitriles is 1. The highest BCUT2D eigenvalue weighted by molar-refractivity contribution is 5.78. The first kappa shape index (κ1) is 17.6. The van der Waals surface area contributed by atoms with Crippen molar-refractivity contribution >= 4 is 5.91 Å². The highest BCUT2D eigenvalue weighted by Gasteiger charge is 2.11. The van der Waals surface area contributed by atoms with Crippen LogP contribution < -0.4 is 10.1 Å². The van der Waals surface area contributed by atoms with Gasteiger partial charge < -0.3 is 10.1 Å². The van der Waals surface area contributed by atoms with Crippen LogP contribution in [0.25, 0.3) is 0 Å². The van der Waals surface area contributed by atoms with E-state index in [2.05, 4.69) is 25.2 Å². The third-order valence-electron chi connectivity index (χ3n) is 3.81. The number of rotatable bonds is 6. The van der Waals surface area contributed by atoms with Crippen LogP contribution in [0.5, 0.6) is 5.75 Å². The van der Waals surface area contributed by atoms with Crippen molar-refractivity contribution in [3.05, 3.63) is 65.2 Å². The minimum Gasteiger partial charge on any atom is -0.484 e. The van der Waals surface area contributed by atoms with E-state index in [-0.39, 0.29) is 18.6 Å². The van der Waals surface area contributed by atoms with E-state index in [0.29, 0.717) is 17.2 Å². The molecule has 1 N–H and O–H groups in total. The highest BCUT2D eigenvalue weighted by Crippen LogP contribution is 2.18. The van der Waals surface area contributed by atoms with Crippen molar-refractivity contribution in [2.24, 2.45) is 0 Å². The van der Waals surface area contributed by atoms with Gasteiger partial charge in [-0.1, -0.05) is 38.1 Å². The van der Waals surface area contributed by atoms with E-state index in [4.69, 9.17) is 10.00 Å². The Morgan fingerprint density at radius 1 is 1.12 bits per heavy atom. The molecule has 0 heterocycles. The molecule has 0 aliphatic heterocycles. The van der Waals surface area contributed by atoms with Gasteiger partial charge in [0.25, 0.3) is 5.91 Å². The molecule has 0 fully saturated rings. The lowest BCUT2D eigenvalue weighted by atomic mass is 10.0. The predicted octanol–water partition coefficient (Wildman–Crippen LogP) is 3.94. The molecule has 1 atom stereocenters. The number of nitrogens with one attached hydrogen (secondary N) is 1. The largest absolute Gasteiger partial charge is 0.484 e. The molecule has 0 aliphatic rings. The second-order valence-corrected chi connectivity index (χ2v) is 6.04. The lowest BCUT2D eigenvalue weighted by Gasteiger charge is -2.15. The molecule has 0 saturated heterocycles. The standard InChI is InChI=1S/C20H22N2O2/c1-14(2)17-7-9-19(10-8-17)24-13-20(23)22-15(3)18-6-4-5-16(11-18)12-21/h4-11,14-15H,13H2,1-3H3,(H,22,23). The number of benzene rings is 2. The van der Waals surface area contributed by atoms with Gasteiger partial charge in [0.1, 0.15) is 5.75 Å². The van der Waals surface area contributed by atoms with Gasteiger partial charge in [-0.25, -0.2) is 0 Å². The Bertz CT molecular complexity index is 730. The molecular weight excluding hydrogens is 300 g/mol. The molecule has 0 saturated carbocycles. The van der Waals surface area contributed by atoms with Crippen LogP contribution in [0.1, 0.15) is 49.4 Å². The molecular formula is C20H22N2O2. The third-order valence-corrected chi connectivity index (χ3v) is 3.81. The maximum Gasteiger partial charge on any atom is 0.258 e. The van der Waals surface area contributed by atoms with E-state index in [9.17, 15) is 4.79 Å². The second kappa shape index (κ2) is 8.16. The van der Waals surface area contributed by atoms with Crippen molar-refractivity contribution in [2.75, 3.05) is 6.61 Å². The number of nitrogens with zero attached hydrogens (tertiary/aromatic N) is 1. The lowest BCUT2D eigenvalue weighted by Crippen LogP contribution is -2.31. The molecule has 0 aliphatic carbocycles. The summed E-state index contributed by atoms with van der Waals surface area (Å²) in [5.41, 5.74) is 2.71. The molecule has 4 nitrogen and oxygen atoms in total. The molecule has 124 valence electrons. The first-order valence-electron chi connectivity index (χ1n) is 8.01. The Balaban J connectivity index is 1.87. The number of carbonyl (C=O) groups excluding carboxylic acids is 1. The fraction of sp³-hybridized carbons (Fsp3) is 0.300. The summed E-state index contributed by atoms with van der Waals surface area (Å²) in [4.78, 5) is 12.0. The smallest absolute Gasteiger partial charge is 0.258 e. The maximum absolute atomic E-state index is 12.0. The van der Waals surface area contributed by atoms with Gasteiger partial charge in [-0.05, 0) is 48.2 Å². The third kappa shape index (κ3) is 4.85. The van der Waals surface area contributed by atoms with Crippen molar-refractivity contribution in [3.63, 3.8) is 0 Å². The molecule has 0 radical (unpaired) electrons. The van der Waals surface area contributed by atoms with E-state index in [0.717, 1.165) is 5.56 Å². The summed E-state index contributed by atoms with van der Waals surface area (Å²) in [5, 5.41) is 11.8. The summed E-state index contributed by atoms with van der Waals surface area (Å²) < 4.78 is 5.52. The summed E-state index contributed by atoms with van der Waals surface area (Å²) >= 11 is 0. The van der Waals surface area contributed by atoms with Crippen molar-refractivity contribution in [1.29, 1.82) is 5.26 Å². The Labute approximate surface area is 143 Å². The fourth-order valence-corrected chi connectivity index (χ4v) is 2.34. The molecule has 1 amide bonds. The van der Waals surface area contributed by atoms with Crippen LogP contribution in [0.2, 0.25) is 0 Å². The van der Waals surface area contributed by atoms with Crippen LogP contribution in [0.3, 0.4) is 0 Å². The summed E-state index contributed by atoms with van der Waals surface area (Å²) in [7, 11) is 0. The van der Waals surface area contributed by atoms with Crippen LogP contribution in [-0.2, 0) is 4.79 Å². The monoisotopic (exact) mass is 322 g/mol. The molecule has 2 aromatic rings. The first-order valence-corrected chi connectivity index (χ1v) is 8.01. The minimum atomic E-state index is -0.196. The molecule has 1 unspecified atom stereocenters. The number of hydrogen-bond acceptors (Lipinski definition) is 3. The van der Waals surface area contributed by atoms with Gasteiger partial charge in [0, 0.05) is 0 Å². The number of carbonyl (C=O) groups is 1. The zero-order chi connectivity index (χ0) is 17.5. The van der Waals surface area contributed by atoms with Gasteiger partial charge in [-0.2, -0.15) is 5.26 Å². The average molecular weight is 322 g/mol. The van der Waals surface area contributed by atoms with Gasteiger partial charge in [0.2, 0.25) is 0 Å². The second-order valence-electron chi connectivity index (χ2n) is 6.04. The first-order chi connectivity index (χ1) is 11.5. The molecule has 0 aromatic heterocycles. The fourth-order valence-electron chi connectivity index (χ4n) is 2.34. The van der Waals surface area contributed by atoms with Crippen molar-refractivity contribution in [2.45, 2.75) is 32.7 Å². The normalized spacial score (nSPS) is 11.6. The molecule has 0 spiro atoms. The Hall–Kier alpha value is -2.80. The average Bonchev–Trinajstić information content (AvgIpc) is 2.60. The molecule has 0 bridgehead atoms. The Kier molecular flexibility index (Phi) is 5.97. The lowest BCUT2D eigenvalue weighted by molar-refractivity contribution is -0.123. The summed E-state index contributed by atoms with van der Waals surface area (Å²) in [6.45, 7) is 6.10. The summed E-state index contributed by atoms with van der Waals surface area (Å²) in [6.07, 6.45) is 0. The van der Waals surface area contributed by atoms with Crippen molar-refractivity contribution < 1.29 is 9.53 Å². The van der Waals surface area contributed by atoms with Gasteiger partial charge in [-0.15, -0.1) is 0 Å². The van der Waals surface area contributed by atoms with Crippen molar-refractivity contribution in [3.8, 4) is 11.8 Å². The molecule has 4 heteroatoms. The molecule has 2 aromatic carbocycles. The van der Waals surface area contributed by atoms with Gasteiger partial charge >= 0.3 is 0 Å². The van der Waals surface area contributed by atoms with Crippen LogP contribution in [0, 0.1) is 11.3 Å². The molecule has 24 heavy (non-hydrogen) atoms. The minimum absolute atomic E-state index is 0.0384. The van der Waals surface area contributed by atoms with Gasteiger partial charge in [0.05, 0.1) is 17.7 Å². The SMILES string of the molecule is CC(C)c1ccc(OCC(=O)NC(C)c2cccc(C#N)c2)cc1. The summed E-state index contributed by atoms with van der Waals surface area (Å²) in [5.74, 6) is 0.943. The highest BCUT2D eigenvalue weighted by atomic mass is 16.5. The van der Waals surface area contributed by atoms with E-state index in [1.54, 1.807) is 12.1 Å². The number of amides is 1.